The number of ether oxygens (including phenoxy) is 2. The number of nitrogens with zero attached hydrogens (tertiary/aromatic N) is 2. The van der Waals surface area contributed by atoms with Crippen molar-refractivity contribution < 1.29 is 45.5 Å². The molecule has 1 atom stereocenters. The molecule has 234 valence electrons. The van der Waals surface area contributed by atoms with Crippen LogP contribution in [0, 0.1) is 5.92 Å². The van der Waals surface area contributed by atoms with E-state index in [1.54, 1.807) is 0 Å². The van der Waals surface area contributed by atoms with E-state index in [2.05, 4.69) is 15.2 Å². The van der Waals surface area contributed by atoms with Crippen molar-refractivity contribution in [2.45, 2.75) is 82.1 Å². The SMILES string of the molecule is O=C(O)C(F)(F)F.O=S(=O)(Nc1noc2cc(OCC3CCCC3)c(C3CC3)cc12)N1CCC(O[C@@H]2CCNC2)CC1. The van der Waals surface area contributed by atoms with Crippen molar-refractivity contribution in [3.05, 3.63) is 17.7 Å². The van der Waals surface area contributed by atoms with Crippen molar-refractivity contribution >= 4 is 33.0 Å². The van der Waals surface area contributed by atoms with E-state index in [-0.39, 0.29) is 18.0 Å². The van der Waals surface area contributed by atoms with Crippen LogP contribution in [0.25, 0.3) is 11.0 Å². The summed E-state index contributed by atoms with van der Waals surface area (Å²) in [5.41, 5.74) is 1.68. The van der Waals surface area contributed by atoms with Crippen LogP contribution in [0.2, 0.25) is 0 Å². The van der Waals surface area contributed by atoms with Crippen LogP contribution in [0.15, 0.2) is 16.7 Å². The number of hydrogen-bond acceptors (Lipinski definition) is 8. The molecular weight excluding hydrogens is 581 g/mol. The molecule has 0 amide bonds. The molecule has 2 aliphatic carbocycles. The van der Waals surface area contributed by atoms with Crippen LogP contribution in [0.3, 0.4) is 0 Å². The molecule has 2 saturated carbocycles. The fraction of sp³-hybridized carbons (Fsp3) is 0.704. The average Bonchev–Trinajstić information content (AvgIpc) is 3.27. The minimum atomic E-state index is -5.08. The van der Waals surface area contributed by atoms with Crippen molar-refractivity contribution in [1.29, 1.82) is 0 Å². The second-order valence-electron chi connectivity index (χ2n) is 11.4. The molecule has 0 bridgehead atoms. The van der Waals surface area contributed by atoms with Crippen LogP contribution in [0.1, 0.15) is 69.3 Å². The summed E-state index contributed by atoms with van der Waals surface area (Å²) in [6, 6.07) is 3.91. The largest absolute Gasteiger partial charge is 0.493 e. The highest BCUT2D eigenvalue weighted by Crippen LogP contribution is 2.47. The van der Waals surface area contributed by atoms with E-state index in [1.807, 2.05) is 12.1 Å². The number of aromatic nitrogens is 1. The van der Waals surface area contributed by atoms with Gasteiger partial charge in [-0.25, -0.2) is 4.79 Å². The number of rotatable bonds is 9. The van der Waals surface area contributed by atoms with Crippen LogP contribution in [0.4, 0.5) is 19.0 Å². The molecule has 3 N–H and O–H groups in total. The van der Waals surface area contributed by atoms with Gasteiger partial charge in [-0.2, -0.15) is 25.9 Å². The summed E-state index contributed by atoms with van der Waals surface area (Å²) in [7, 11) is -3.74. The van der Waals surface area contributed by atoms with E-state index < -0.39 is 22.4 Å². The Hall–Kier alpha value is -2.62. The maximum Gasteiger partial charge on any atom is 0.490 e. The van der Waals surface area contributed by atoms with Gasteiger partial charge in [0, 0.05) is 25.7 Å². The quantitative estimate of drug-likeness (QED) is 0.373. The number of nitrogens with one attached hydrogen (secondary N) is 2. The minimum Gasteiger partial charge on any atom is -0.493 e. The van der Waals surface area contributed by atoms with Crippen molar-refractivity contribution in [1.82, 2.24) is 14.8 Å². The van der Waals surface area contributed by atoms with Crippen LogP contribution in [0.5, 0.6) is 5.75 Å². The molecule has 11 nitrogen and oxygen atoms in total. The highest BCUT2D eigenvalue weighted by molar-refractivity contribution is 7.90. The fourth-order valence-corrected chi connectivity index (χ4v) is 6.90. The van der Waals surface area contributed by atoms with E-state index in [4.69, 9.17) is 23.9 Å². The van der Waals surface area contributed by atoms with Gasteiger partial charge in [0.15, 0.2) is 11.4 Å². The van der Waals surface area contributed by atoms with Crippen LogP contribution in [-0.2, 0) is 19.7 Å². The van der Waals surface area contributed by atoms with Gasteiger partial charge in [0.2, 0.25) is 0 Å². The molecule has 0 unspecified atom stereocenters. The van der Waals surface area contributed by atoms with Gasteiger partial charge >= 0.3 is 22.4 Å². The first-order chi connectivity index (χ1) is 20.0. The summed E-state index contributed by atoms with van der Waals surface area (Å²) < 4.78 is 80.1. The van der Waals surface area contributed by atoms with Crippen LogP contribution >= 0.6 is 0 Å². The lowest BCUT2D eigenvalue weighted by Crippen LogP contribution is -2.44. The highest BCUT2D eigenvalue weighted by Gasteiger charge is 2.38. The van der Waals surface area contributed by atoms with Crippen molar-refractivity contribution in [3.8, 4) is 5.75 Å². The Labute approximate surface area is 242 Å². The second kappa shape index (κ2) is 12.9. The van der Waals surface area contributed by atoms with Gasteiger partial charge in [-0.3, -0.25) is 4.72 Å². The first kappa shape index (κ1) is 30.8. The number of fused-ring (bicyclic) bond motifs is 1. The maximum absolute atomic E-state index is 13.2. The van der Waals surface area contributed by atoms with Gasteiger partial charge in [-0.05, 0) is 75.0 Å². The maximum atomic E-state index is 13.2. The third kappa shape index (κ3) is 7.85. The van der Waals surface area contributed by atoms with Crippen molar-refractivity contribution in [3.63, 3.8) is 0 Å². The minimum absolute atomic E-state index is 0.114. The van der Waals surface area contributed by atoms with Crippen molar-refractivity contribution in [2.24, 2.45) is 5.92 Å². The molecule has 2 saturated heterocycles. The Balaban J connectivity index is 0.000000451. The van der Waals surface area contributed by atoms with Crippen LogP contribution in [-0.4, -0.2) is 80.1 Å². The number of hydrogen-bond donors (Lipinski definition) is 3. The van der Waals surface area contributed by atoms with E-state index in [1.165, 1.54) is 30.0 Å². The first-order valence-corrected chi connectivity index (χ1v) is 15.9. The normalized spacial score (nSPS) is 22.7. The number of anilines is 1. The first-order valence-electron chi connectivity index (χ1n) is 14.5. The third-order valence-electron chi connectivity index (χ3n) is 8.18. The van der Waals surface area contributed by atoms with Crippen molar-refractivity contribution in [2.75, 3.05) is 37.5 Å². The Morgan fingerprint density at radius 2 is 1.79 bits per heavy atom. The molecule has 4 aliphatic rings. The molecule has 0 radical (unpaired) electrons. The number of carbonyl (C=O) groups is 1. The fourth-order valence-electron chi connectivity index (χ4n) is 5.69. The molecule has 0 spiro atoms. The second-order valence-corrected chi connectivity index (χ2v) is 13.1. The predicted molar refractivity (Wildman–Crippen MR) is 147 cm³/mol. The average molecular weight is 619 g/mol. The van der Waals surface area contributed by atoms with Gasteiger partial charge in [-0.15, -0.1) is 0 Å². The van der Waals surface area contributed by atoms with Gasteiger partial charge in [0.1, 0.15) is 5.75 Å². The number of halogens is 3. The molecule has 2 aliphatic heterocycles. The lowest BCUT2D eigenvalue weighted by atomic mass is 10.1. The van der Waals surface area contributed by atoms with E-state index in [9.17, 15) is 21.6 Å². The third-order valence-corrected chi connectivity index (χ3v) is 9.67. The molecule has 42 heavy (non-hydrogen) atoms. The molecule has 4 fully saturated rings. The highest BCUT2D eigenvalue weighted by atomic mass is 32.2. The molecule has 1 aromatic heterocycles. The summed E-state index contributed by atoms with van der Waals surface area (Å²) in [4.78, 5) is 8.90. The Morgan fingerprint density at radius 3 is 2.38 bits per heavy atom. The van der Waals surface area contributed by atoms with E-state index in [0.29, 0.717) is 48.7 Å². The predicted octanol–water partition coefficient (Wildman–Crippen LogP) is 4.41. The monoisotopic (exact) mass is 618 g/mol. The van der Waals surface area contributed by atoms with Gasteiger partial charge in [-0.1, -0.05) is 18.0 Å². The van der Waals surface area contributed by atoms with Gasteiger partial charge in [0.05, 0.1) is 24.2 Å². The lowest BCUT2D eigenvalue weighted by molar-refractivity contribution is -0.192. The Morgan fingerprint density at radius 1 is 1.10 bits per heavy atom. The molecular formula is C27H37F3N4O7S. The molecule has 6 rings (SSSR count). The zero-order valence-corrected chi connectivity index (χ0v) is 24.0. The topological polar surface area (TPSA) is 143 Å². The number of piperidine rings is 1. The molecule has 3 heterocycles. The Bertz CT molecular complexity index is 1330. The number of benzene rings is 1. The summed E-state index contributed by atoms with van der Waals surface area (Å²) in [5, 5.41) is 15.2. The lowest BCUT2D eigenvalue weighted by Gasteiger charge is -2.32. The number of carboxylic acid groups (broad SMARTS) is 1. The molecule has 15 heteroatoms. The van der Waals surface area contributed by atoms with Gasteiger partial charge < -0.3 is 24.4 Å². The summed E-state index contributed by atoms with van der Waals surface area (Å²) >= 11 is 0. The smallest absolute Gasteiger partial charge is 0.490 e. The standard InChI is InChI=1S/C25H36N4O5S.C2HF3O2/c30-35(31,29-11-8-19(9-12-29)33-20-7-10-26-15-20)28-25-22-13-21(18-5-6-18)23(14-24(22)34-27-25)32-16-17-3-1-2-4-17;3-2(4,5)1(6)7/h13-14,17-20,26H,1-12,15-16H2,(H,27,28);(H,6,7)/t20-;/m1./s1. The summed E-state index contributed by atoms with van der Waals surface area (Å²) in [6.07, 6.45) is 5.00. The number of aliphatic carboxylic acids is 1. The number of carboxylic acids is 1. The zero-order valence-electron chi connectivity index (χ0n) is 23.2. The zero-order chi connectivity index (χ0) is 29.9. The summed E-state index contributed by atoms with van der Waals surface area (Å²) in [5.74, 6) is -0.560. The van der Waals surface area contributed by atoms with E-state index >= 15 is 0 Å². The van der Waals surface area contributed by atoms with Crippen LogP contribution < -0.4 is 14.8 Å². The Kier molecular flexibility index (Phi) is 9.50. The van der Waals surface area contributed by atoms with Gasteiger partial charge in [0.25, 0.3) is 0 Å². The van der Waals surface area contributed by atoms with E-state index in [0.717, 1.165) is 50.3 Å². The molecule has 1 aromatic carbocycles. The molecule has 2 aromatic rings. The summed E-state index contributed by atoms with van der Waals surface area (Å²) in [6.45, 7) is 3.47. The number of alkyl halides is 3.